The molecule has 1 amide bonds. The van der Waals surface area contributed by atoms with E-state index in [9.17, 15) is 22.4 Å². The number of aliphatic imine (C=N–C) groups is 1. The molecule has 2 rings (SSSR count). The van der Waals surface area contributed by atoms with Gasteiger partial charge in [0.05, 0.1) is 11.3 Å². The fraction of sp³-hybridized carbons (Fsp3) is 0.188. The van der Waals surface area contributed by atoms with Gasteiger partial charge in [0.15, 0.2) is 5.82 Å². The van der Waals surface area contributed by atoms with E-state index in [2.05, 4.69) is 15.3 Å². The average molecular weight is 354 g/mol. The lowest BCUT2D eigenvalue weighted by atomic mass is 10.1. The van der Waals surface area contributed by atoms with Crippen LogP contribution in [0.1, 0.15) is 11.3 Å². The molecule has 1 heterocycles. The molecule has 132 valence electrons. The van der Waals surface area contributed by atoms with Crippen molar-refractivity contribution in [1.82, 2.24) is 10.3 Å². The summed E-state index contributed by atoms with van der Waals surface area (Å²) in [6, 6.07) is 7.10. The van der Waals surface area contributed by atoms with Crippen LogP contribution < -0.4 is 10.2 Å². The average Bonchev–Trinajstić information content (AvgIpc) is 2.58. The molecule has 5 nitrogen and oxygen atoms in total. The summed E-state index contributed by atoms with van der Waals surface area (Å²) in [5.41, 5.74) is -1.31. The van der Waals surface area contributed by atoms with E-state index in [1.165, 1.54) is 32.3 Å². The highest BCUT2D eigenvalue weighted by Gasteiger charge is 2.34. The number of pyridine rings is 1. The van der Waals surface area contributed by atoms with Crippen LogP contribution in [0.25, 0.3) is 0 Å². The Morgan fingerprint density at radius 1 is 1.24 bits per heavy atom. The number of hydrogen-bond acceptors (Lipinski definition) is 3. The van der Waals surface area contributed by atoms with E-state index in [1.807, 2.05) is 0 Å². The SMILES string of the molecule is CN=C(NC)c1ccc(C(F)(F)F)nc1N(C=O)c1ccccc1F. The molecule has 0 spiro atoms. The quantitative estimate of drug-likeness (QED) is 0.397. The van der Waals surface area contributed by atoms with E-state index in [0.717, 1.165) is 18.2 Å². The number of benzene rings is 1. The maximum atomic E-state index is 14.0. The number of alkyl halides is 3. The van der Waals surface area contributed by atoms with Crippen LogP contribution in [0.4, 0.5) is 29.1 Å². The van der Waals surface area contributed by atoms with Crippen LogP contribution in [0.5, 0.6) is 0 Å². The molecule has 2 aromatic rings. The molecule has 0 aliphatic heterocycles. The Morgan fingerprint density at radius 2 is 1.92 bits per heavy atom. The summed E-state index contributed by atoms with van der Waals surface area (Å²) in [7, 11) is 2.93. The number of hydrogen-bond donors (Lipinski definition) is 1. The molecule has 1 aromatic carbocycles. The van der Waals surface area contributed by atoms with E-state index in [4.69, 9.17) is 0 Å². The van der Waals surface area contributed by atoms with Crippen molar-refractivity contribution in [3.05, 3.63) is 53.5 Å². The first-order chi connectivity index (χ1) is 11.8. The normalized spacial score (nSPS) is 12.0. The molecule has 9 heteroatoms. The molecule has 1 N–H and O–H groups in total. The van der Waals surface area contributed by atoms with E-state index in [0.29, 0.717) is 4.90 Å². The number of nitrogens with one attached hydrogen (secondary N) is 1. The number of halogens is 4. The zero-order valence-corrected chi connectivity index (χ0v) is 13.3. The van der Waals surface area contributed by atoms with Gasteiger partial charge >= 0.3 is 6.18 Å². The molecular formula is C16H14F4N4O. The van der Waals surface area contributed by atoms with Crippen molar-refractivity contribution >= 4 is 23.8 Å². The molecule has 0 bridgehead atoms. The molecule has 0 fully saturated rings. The minimum Gasteiger partial charge on any atom is -0.373 e. The largest absolute Gasteiger partial charge is 0.433 e. The van der Waals surface area contributed by atoms with Crippen LogP contribution in [0.3, 0.4) is 0 Å². The minimum atomic E-state index is -4.72. The van der Waals surface area contributed by atoms with Crippen molar-refractivity contribution in [2.45, 2.75) is 6.18 Å². The minimum absolute atomic E-state index is 0.119. The summed E-state index contributed by atoms with van der Waals surface area (Å²) in [4.78, 5) is 19.7. The van der Waals surface area contributed by atoms with Crippen LogP contribution in [-0.2, 0) is 11.0 Å². The fourth-order valence-electron chi connectivity index (χ4n) is 2.21. The number of rotatable bonds is 4. The Labute approximate surface area is 141 Å². The molecular weight excluding hydrogens is 340 g/mol. The highest BCUT2D eigenvalue weighted by atomic mass is 19.4. The van der Waals surface area contributed by atoms with Gasteiger partial charge in [0, 0.05) is 14.1 Å². The molecule has 25 heavy (non-hydrogen) atoms. The molecule has 0 radical (unpaired) electrons. The lowest BCUT2D eigenvalue weighted by molar-refractivity contribution is -0.141. The summed E-state index contributed by atoms with van der Waals surface area (Å²) >= 11 is 0. The van der Waals surface area contributed by atoms with E-state index < -0.39 is 17.7 Å². The number of para-hydroxylation sites is 1. The van der Waals surface area contributed by atoms with Crippen LogP contribution in [-0.4, -0.2) is 31.3 Å². The predicted molar refractivity (Wildman–Crippen MR) is 85.4 cm³/mol. The number of anilines is 2. The maximum absolute atomic E-state index is 14.0. The van der Waals surface area contributed by atoms with Crippen molar-refractivity contribution in [2.75, 3.05) is 19.0 Å². The maximum Gasteiger partial charge on any atom is 0.433 e. The topological polar surface area (TPSA) is 57.6 Å². The zero-order chi connectivity index (χ0) is 18.6. The number of amidine groups is 1. The monoisotopic (exact) mass is 354 g/mol. The van der Waals surface area contributed by atoms with Crippen LogP contribution in [0.2, 0.25) is 0 Å². The number of amides is 1. The second-order valence-electron chi connectivity index (χ2n) is 4.81. The Balaban J connectivity index is 2.74. The molecule has 0 unspecified atom stereocenters. The number of nitrogens with zero attached hydrogens (tertiary/aromatic N) is 3. The van der Waals surface area contributed by atoms with Crippen molar-refractivity contribution < 1.29 is 22.4 Å². The second kappa shape index (κ2) is 7.29. The second-order valence-corrected chi connectivity index (χ2v) is 4.81. The highest BCUT2D eigenvalue weighted by molar-refractivity contribution is 6.05. The molecule has 0 aliphatic carbocycles. The third-order valence-electron chi connectivity index (χ3n) is 3.33. The third kappa shape index (κ3) is 3.76. The first-order valence-corrected chi connectivity index (χ1v) is 7.05. The summed E-state index contributed by atoms with van der Waals surface area (Å²) in [5, 5.41) is 2.70. The standard InChI is InChI=1S/C16H14F4N4O/c1-21-14(22-2)10-7-8-13(16(18,19)20)23-15(10)24(9-25)12-6-4-3-5-11(12)17/h3-9H,1-2H3,(H,21,22). The van der Waals surface area contributed by atoms with Crippen LogP contribution in [0.15, 0.2) is 41.4 Å². The van der Waals surface area contributed by atoms with Gasteiger partial charge in [-0.3, -0.25) is 14.7 Å². The van der Waals surface area contributed by atoms with Gasteiger partial charge in [0.25, 0.3) is 0 Å². The summed E-state index contributed by atoms with van der Waals surface area (Å²) in [6.07, 6.45) is -4.52. The lowest BCUT2D eigenvalue weighted by Gasteiger charge is -2.22. The predicted octanol–water partition coefficient (Wildman–Crippen LogP) is 3.13. The Kier molecular flexibility index (Phi) is 5.35. The first-order valence-electron chi connectivity index (χ1n) is 7.05. The number of carbonyl (C=O) groups is 1. The van der Waals surface area contributed by atoms with Crippen molar-refractivity contribution in [2.24, 2.45) is 4.99 Å². The third-order valence-corrected chi connectivity index (χ3v) is 3.33. The van der Waals surface area contributed by atoms with E-state index in [-0.39, 0.29) is 29.3 Å². The molecule has 0 atom stereocenters. The fourth-order valence-corrected chi connectivity index (χ4v) is 2.21. The van der Waals surface area contributed by atoms with Crippen molar-refractivity contribution in [1.29, 1.82) is 0 Å². The van der Waals surface area contributed by atoms with E-state index in [1.54, 1.807) is 0 Å². The van der Waals surface area contributed by atoms with Gasteiger partial charge < -0.3 is 5.32 Å². The molecule has 0 saturated heterocycles. The van der Waals surface area contributed by atoms with E-state index >= 15 is 0 Å². The molecule has 1 aromatic heterocycles. The van der Waals surface area contributed by atoms with Gasteiger partial charge in [0.2, 0.25) is 6.41 Å². The number of aromatic nitrogens is 1. The zero-order valence-electron chi connectivity index (χ0n) is 13.3. The molecule has 0 saturated carbocycles. The lowest BCUT2D eigenvalue weighted by Crippen LogP contribution is -2.27. The van der Waals surface area contributed by atoms with Gasteiger partial charge in [-0.05, 0) is 24.3 Å². The van der Waals surface area contributed by atoms with Gasteiger partial charge in [-0.1, -0.05) is 12.1 Å². The Bertz CT molecular complexity index is 805. The Hall–Kier alpha value is -2.97. The Morgan fingerprint density at radius 3 is 2.44 bits per heavy atom. The van der Waals surface area contributed by atoms with Crippen LogP contribution in [0, 0.1) is 5.82 Å². The summed E-state index contributed by atoms with van der Waals surface area (Å²) < 4.78 is 53.1. The number of carbonyl (C=O) groups excluding carboxylic acids is 1. The summed E-state index contributed by atoms with van der Waals surface area (Å²) in [5.74, 6) is -0.969. The van der Waals surface area contributed by atoms with Gasteiger partial charge in [-0.25, -0.2) is 9.37 Å². The smallest absolute Gasteiger partial charge is 0.373 e. The summed E-state index contributed by atoms with van der Waals surface area (Å²) in [6.45, 7) is 0. The van der Waals surface area contributed by atoms with Gasteiger partial charge in [-0.15, -0.1) is 0 Å². The van der Waals surface area contributed by atoms with Gasteiger partial charge in [0.1, 0.15) is 17.3 Å². The molecule has 0 aliphatic rings. The van der Waals surface area contributed by atoms with Crippen molar-refractivity contribution in [3.8, 4) is 0 Å². The van der Waals surface area contributed by atoms with Crippen LogP contribution >= 0.6 is 0 Å². The highest BCUT2D eigenvalue weighted by Crippen LogP contribution is 2.33. The van der Waals surface area contributed by atoms with Crippen molar-refractivity contribution in [3.63, 3.8) is 0 Å². The van der Waals surface area contributed by atoms with Gasteiger partial charge in [-0.2, -0.15) is 13.2 Å². The first kappa shape index (κ1) is 18.4.